The summed E-state index contributed by atoms with van der Waals surface area (Å²) in [7, 11) is 1.94. The van der Waals surface area contributed by atoms with Gasteiger partial charge in [0.1, 0.15) is 6.26 Å². The molecule has 6 heteroatoms. The molecule has 1 fully saturated rings. The number of hydrogen-bond donors (Lipinski definition) is 2. The first-order valence-corrected chi connectivity index (χ1v) is 5.79. The van der Waals surface area contributed by atoms with Gasteiger partial charge in [0.15, 0.2) is 5.69 Å². The van der Waals surface area contributed by atoms with E-state index in [9.17, 15) is 4.79 Å². The van der Waals surface area contributed by atoms with Crippen molar-refractivity contribution in [3.8, 4) is 0 Å². The summed E-state index contributed by atoms with van der Waals surface area (Å²) in [5.74, 6) is -0.488. The van der Waals surface area contributed by atoms with Gasteiger partial charge in [-0.3, -0.25) is 0 Å². The van der Waals surface area contributed by atoms with E-state index >= 15 is 0 Å². The van der Waals surface area contributed by atoms with Crippen molar-refractivity contribution in [2.75, 3.05) is 31.6 Å². The Morgan fingerprint density at radius 2 is 2.59 bits per heavy atom. The van der Waals surface area contributed by atoms with Crippen molar-refractivity contribution in [1.82, 2.24) is 10.3 Å². The molecule has 2 N–H and O–H groups in total. The van der Waals surface area contributed by atoms with Crippen LogP contribution in [0.2, 0.25) is 0 Å². The number of anilines is 1. The van der Waals surface area contributed by atoms with Gasteiger partial charge in [0, 0.05) is 13.1 Å². The molecular formula is C11H17N3O3. The average molecular weight is 239 g/mol. The number of carboxylic acids is 1. The molecule has 1 aromatic heterocycles. The molecule has 6 nitrogen and oxygen atoms in total. The third kappa shape index (κ3) is 2.76. The molecule has 2 heterocycles. The molecule has 0 saturated carbocycles. The van der Waals surface area contributed by atoms with E-state index in [4.69, 9.17) is 9.52 Å². The number of rotatable bonds is 4. The predicted molar refractivity (Wildman–Crippen MR) is 62.3 cm³/mol. The van der Waals surface area contributed by atoms with Crippen LogP contribution in [0.25, 0.3) is 0 Å². The third-order valence-corrected chi connectivity index (χ3v) is 2.99. The van der Waals surface area contributed by atoms with Crippen LogP contribution in [0.3, 0.4) is 0 Å². The predicted octanol–water partition coefficient (Wildman–Crippen LogP) is 0.809. The number of oxazole rings is 1. The van der Waals surface area contributed by atoms with Gasteiger partial charge in [-0.15, -0.1) is 0 Å². The molecule has 0 radical (unpaired) electrons. The standard InChI is InChI=1S/C11H17N3O3/c1-12-5-8-3-2-4-14(6-8)11-13-9(7-17-11)10(15)16/h7-8,12H,2-6H2,1H3,(H,15,16). The van der Waals surface area contributed by atoms with Gasteiger partial charge in [-0.1, -0.05) is 0 Å². The fourth-order valence-corrected chi connectivity index (χ4v) is 2.20. The van der Waals surface area contributed by atoms with E-state index in [0.29, 0.717) is 11.9 Å². The van der Waals surface area contributed by atoms with Gasteiger partial charge >= 0.3 is 5.97 Å². The number of carbonyl (C=O) groups is 1. The van der Waals surface area contributed by atoms with Crippen molar-refractivity contribution >= 4 is 12.0 Å². The molecule has 1 saturated heterocycles. The minimum atomic E-state index is -1.05. The zero-order valence-corrected chi connectivity index (χ0v) is 9.85. The molecule has 1 aliphatic rings. The van der Waals surface area contributed by atoms with Crippen LogP contribution in [-0.4, -0.2) is 42.7 Å². The lowest BCUT2D eigenvalue weighted by molar-refractivity contribution is 0.0690. The Morgan fingerprint density at radius 1 is 1.76 bits per heavy atom. The number of hydrogen-bond acceptors (Lipinski definition) is 5. The maximum atomic E-state index is 10.7. The highest BCUT2D eigenvalue weighted by Crippen LogP contribution is 2.22. The maximum absolute atomic E-state index is 10.7. The molecule has 0 amide bonds. The summed E-state index contributed by atoms with van der Waals surface area (Å²) in [6, 6.07) is 0.420. The lowest BCUT2D eigenvalue weighted by atomic mass is 9.98. The molecule has 0 aliphatic carbocycles. The number of aromatic carboxylic acids is 1. The summed E-state index contributed by atoms with van der Waals surface area (Å²) in [5.41, 5.74) is -0.0317. The third-order valence-electron chi connectivity index (χ3n) is 2.99. The van der Waals surface area contributed by atoms with Crippen LogP contribution in [0.15, 0.2) is 10.7 Å². The summed E-state index contributed by atoms with van der Waals surface area (Å²) in [6.07, 6.45) is 3.46. The molecule has 94 valence electrons. The highest BCUT2D eigenvalue weighted by atomic mass is 16.4. The number of nitrogens with one attached hydrogen (secondary N) is 1. The van der Waals surface area contributed by atoms with E-state index in [0.717, 1.165) is 26.1 Å². The van der Waals surface area contributed by atoms with Crippen molar-refractivity contribution < 1.29 is 14.3 Å². The van der Waals surface area contributed by atoms with E-state index in [2.05, 4.69) is 10.3 Å². The van der Waals surface area contributed by atoms with Crippen LogP contribution >= 0.6 is 0 Å². The molecule has 17 heavy (non-hydrogen) atoms. The Bertz CT molecular complexity index is 389. The fraction of sp³-hybridized carbons (Fsp3) is 0.636. The van der Waals surface area contributed by atoms with E-state index < -0.39 is 5.97 Å². The van der Waals surface area contributed by atoms with Gasteiger partial charge in [0.2, 0.25) is 0 Å². The normalized spacial score (nSPS) is 20.5. The van der Waals surface area contributed by atoms with Crippen molar-refractivity contribution in [3.63, 3.8) is 0 Å². The highest BCUT2D eigenvalue weighted by molar-refractivity contribution is 5.85. The Balaban J connectivity index is 2.02. The number of piperidine rings is 1. The van der Waals surface area contributed by atoms with Gasteiger partial charge in [-0.05, 0) is 32.4 Å². The summed E-state index contributed by atoms with van der Waals surface area (Å²) < 4.78 is 5.21. The Kier molecular flexibility index (Phi) is 3.63. The Hall–Kier alpha value is -1.56. The second kappa shape index (κ2) is 5.18. The SMILES string of the molecule is CNCC1CCCN(c2nc(C(=O)O)co2)C1. The summed E-state index contributed by atoms with van der Waals surface area (Å²) in [4.78, 5) is 16.7. The van der Waals surface area contributed by atoms with Crippen LogP contribution in [0.4, 0.5) is 6.01 Å². The van der Waals surface area contributed by atoms with Gasteiger partial charge in [0.25, 0.3) is 6.01 Å². The first kappa shape index (κ1) is 11.9. The van der Waals surface area contributed by atoms with Gasteiger partial charge < -0.3 is 19.7 Å². The first-order valence-electron chi connectivity index (χ1n) is 5.79. The molecule has 0 spiro atoms. The molecule has 1 atom stereocenters. The summed E-state index contributed by atoms with van der Waals surface area (Å²) in [5, 5.41) is 11.9. The molecule has 1 unspecified atom stereocenters. The lowest BCUT2D eigenvalue weighted by Gasteiger charge is -2.31. The second-order valence-corrected chi connectivity index (χ2v) is 4.33. The van der Waals surface area contributed by atoms with E-state index in [1.54, 1.807) is 0 Å². The molecule has 0 aromatic carbocycles. The number of carboxylic acid groups (broad SMARTS) is 1. The molecule has 1 aromatic rings. The van der Waals surface area contributed by atoms with E-state index in [-0.39, 0.29) is 5.69 Å². The van der Waals surface area contributed by atoms with Crippen molar-refractivity contribution in [1.29, 1.82) is 0 Å². The second-order valence-electron chi connectivity index (χ2n) is 4.33. The van der Waals surface area contributed by atoms with Crippen molar-refractivity contribution in [2.45, 2.75) is 12.8 Å². The number of nitrogens with zero attached hydrogens (tertiary/aromatic N) is 2. The average Bonchev–Trinajstić information content (AvgIpc) is 2.79. The van der Waals surface area contributed by atoms with Gasteiger partial charge in [0.05, 0.1) is 0 Å². The summed E-state index contributed by atoms with van der Waals surface area (Å²) >= 11 is 0. The zero-order valence-electron chi connectivity index (χ0n) is 9.85. The molecule has 0 bridgehead atoms. The minimum Gasteiger partial charge on any atom is -0.476 e. The van der Waals surface area contributed by atoms with Crippen molar-refractivity contribution in [2.24, 2.45) is 5.92 Å². The number of aromatic nitrogens is 1. The quantitative estimate of drug-likeness (QED) is 0.809. The molecule has 1 aliphatic heterocycles. The Morgan fingerprint density at radius 3 is 3.24 bits per heavy atom. The van der Waals surface area contributed by atoms with E-state index in [1.165, 1.54) is 12.7 Å². The first-order chi connectivity index (χ1) is 8.20. The highest BCUT2D eigenvalue weighted by Gasteiger charge is 2.23. The molecular weight excluding hydrogens is 222 g/mol. The Labute approximate surface area is 99.6 Å². The monoisotopic (exact) mass is 239 g/mol. The molecule has 2 rings (SSSR count). The van der Waals surface area contributed by atoms with Gasteiger partial charge in [-0.25, -0.2) is 4.79 Å². The van der Waals surface area contributed by atoms with Crippen LogP contribution < -0.4 is 10.2 Å². The van der Waals surface area contributed by atoms with Crippen LogP contribution in [0.5, 0.6) is 0 Å². The van der Waals surface area contributed by atoms with Gasteiger partial charge in [-0.2, -0.15) is 4.98 Å². The van der Waals surface area contributed by atoms with Crippen LogP contribution in [0, 0.1) is 5.92 Å². The topological polar surface area (TPSA) is 78.6 Å². The van der Waals surface area contributed by atoms with Crippen LogP contribution in [-0.2, 0) is 0 Å². The zero-order chi connectivity index (χ0) is 12.3. The summed E-state index contributed by atoms with van der Waals surface area (Å²) in [6.45, 7) is 2.70. The maximum Gasteiger partial charge on any atom is 0.357 e. The van der Waals surface area contributed by atoms with Crippen molar-refractivity contribution in [3.05, 3.63) is 12.0 Å². The van der Waals surface area contributed by atoms with Crippen LogP contribution in [0.1, 0.15) is 23.3 Å². The smallest absolute Gasteiger partial charge is 0.357 e. The lowest BCUT2D eigenvalue weighted by Crippen LogP contribution is -2.39. The minimum absolute atomic E-state index is 0.0317. The fourth-order valence-electron chi connectivity index (χ4n) is 2.20. The largest absolute Gasteiger partial charge is 0.476 e. The van der Waals surface area contributed by atoms with E-state index in [1.807, 2.05) is 11.9 Å².